The van der Waals surface area contributed by atoms with Gasteiger partial charge in [-0.3, -0.25) is 20.3 Å². The van der Waals surface area contributed by atoms with Gasteiger partial charge in [-0.25, -0.2) is 5.43 Å². The van der Waals surface area contributed by atoms with E-state index in [9.17, 15) is 9.59 Å². The van der Waals surface area contributed by atoms with E-state index in [2.05, 4.69) is 16.2 Å². The molecule has 2 saturated heterocycles. The second-order valence-corrected chi connectivity index (χ2v) is 5.47. The van der Waals surface area contributed by atoms with E-state index in [1.165, 1.54) is 0 Å². The number of hydrogen-bond acceptors (Lipinski definition) is 5. The zero-order valence-electron chi connectivity index (χ0n) is 10.1. The molecule has 5 nitrogen and oxygen atoms in total. The first-order chi connectivity index (χ1) is 9.24. The van der Waals surface area contributed by atoms with E-state index in [4.69, 9.17) is 0 Å². The Morgan fingerprint density at radius 2 is 2.00 bits per heavy atom. The van der Waals surface area contributed by atoms with Crippen molar-refractivity contribution in [2.24, 2.45) is 5.92 Å². The first-order valence-corrected chi connectivity index (χ1v) is 6.84. The highest BCUT2D eigenvalue weighted by molar-refractivity contribution is 8.18. The van der Waals surface area contributed by atoms with Crippen LogP contribution in [0.15, 0.2) is 41.3 Å². The van der Waals surface area contributed by atoms with E-state index >= 15 is 0 Å². The normalized spacial score (nSPS) is 28.9. The molecule has 0 bridgehead atoms. The molecule has 98 valence electrons. The van der Waals surface area contributed by atoms with E-state index in [1.807, 2.05) is 36.4 Å². The summed E-state index contributed by atoms with van der Waals surface area (Å²) in [7, 11) is 0. The molecule has 19 heavy (non-hydrogen) atoms. The molecule has 1 aromatic rings. The Morgan fingerprint density at radius 3 is 2.68 bits per heavy atom. The minimum Gasteiger partial charge on any atom is -0.282 e. The molecule has 1 aromatic carbocycles. The van der Waals surface area contributed by atoms with Gasteiger partial charge in [0.15, 0.2) is 0 Å². The van der Waals surface area contributed by atoms with Crippen LogP contribution in [0.2, 0.25) is 0 Å². The predicted molar refractivity (Wildman–Crippen MR) is 73.0 cm³/mol. The Morgan fingerprint density at radius 1 is 1.21 bits per heavy atom. The van der Waals surface area contributed by atoms with Crippen LogP contribution in [0.4, 0.5) is 4.79 Å². The Labute approximate surface area is 114 Å². The number of carbonyl (C=O) groups is 2. The summed E-state index contributed by atoms with van der Waals surface area (Å²) < 4.78 is 0. The fourth-order valence-corrected chi connectivity index (χ4v) is 3.02. The van der Waals surface area contributed by atoms with Gasteiger partial charge in [-0.15, -0.1) is 0 Å². The van der Waals surface area contributed by atoms with Crippen molar-refractivity contribution in [3.05, 3.63) is 46.9 Å². The summed E-state index contributed by atoms with van der Waals surface area (Å²) in [4.78, 5) is 23.2. The highest BCUT2D eigenvalue weighted by Crippen LogP contribution is 2.31. The van der Waals surface area contributed by atoms with E-state index < -0.39 is 0 Å². The van der Waals surface area contributed by atoms with Gasteiger partial charge in [-0.1, -0.05) is 36.4 Å². The summed E-state index contributed by atoms with van der Waals surface area (Å²) in [6.45, 7) is 0.727. The Bertz CT molecular complexity index is 544. The molecule has 3 N–H and O–H groups in total. The van der Waals surface area contributed by atoms with Crippen LogP contribution in [-0.2, 0) is 4.79 Å². The topological polar surface area (TPSA) is 70.2 Å². The molecule has 0 radical (unpaired) electrons. The molecule has 2 heterocycles. The molecule has 0 aliphatic carbocycles. The van der Waals surface area contributed by atoms with Crippen molar-refractivity contribution in [1.29, 1.82) is 0 Å². The van der Waals surface area contributed by atoms with Crippen LogP contribution in [0.3, 0.4) is 0 Å². The first-order valence-electron chi connectivity index (χ1n) is 6.02. The van der Waals surface area contributed by atoms with Gasteiger partial charge in [0, 0.05) is 12.5 Å². The number of hydrazine groups is 1. The van der Waals surface area contributed by atoms with E-state index in [0.717, 1.165) is 23.9 Å². The molecule has 6 heteroatoms. The third kappa shape index (κ3) is 2.56. The van der Waals surface area contributed by atoms with Crippen LogP contribution in [0.25, 0.3) is 0 Å². The minimum atomic E-state index is -0.300. The number of benzene rings is 1. The maximum Gasteiger partial charge on any atom is 0.290 e. The van der Waals surface area contributed by atoms with Gasteiger partial charge in [0.1, 0.15) is 0 Å². The molecule has 2 atom stereocenters. The lowest BCUT2D eigenvalue weighted by Gasteiger charge is -2.15. The van der Waals surface area contributed by atoms with Gasteiger partial charge >= 0.3 is 0 Å². The fraction of sp³-hybridized carbons (Fsp3) is 0.231. The number of carbonyl (C=O) groups excluding carboxylic acids is 2. The summed E-state index contributed by atoms with van der Waals surface area (Å²) in [5, 5.41) is 1.97. The largest absolute Gasteiger partial charge is 0.290 e. The predicted octanol–water partition coefficient (Wildman–Crippen LogP) is 1.32. The third-order valence-electron chi connectivity index (χ3n) is 3.19. The molecule has 0 aromatic heterocycles. The molecule has 2 aliphatic rings. The molecule has 2 amide bonds. The molecule has 3 rings (SSSR count). The van der Waals surface area contributed by atoms with Crippen molar-refractivity contribution < 1.29 is 9.59 Å². The number of nitrogens with one attached hydrogen (secondary N) is 3. The number of rotatable bonds is 2. The highest BCUT2D eigenvalue weighted by Gasteiger charge is 2.31. The van der Waals surface area contributed by atoms with Crippen molar-refractivity contribution in [2.75, 3.05) is 6.54 Å². The zero-order chi connectivity index (χ0) is 13.2. The molecular formula is C13H13N3O2S. The number of hydrogen-bond donors (Lipinski definition) is 3. The van der Waals surface area contributed by atoms with Crippen molar-refractivity contribution >= 4 is 22.9 Å². The second-order valence-electron chi connectivity index (χ2n) is 4.45. The Hall–Kier alpha value is -1.63. The summed E-state index contributed by atoms with van der Waals surface area (Å²) in [6.07, 6.45) is 1.87. The van der Waals surface area contributed by atoms with Crippen LogP contribution in [0.1, 0.15) is 11.6 Å². The maximum atomic E-state index is 11.6. The number of amides is 2. The van der Waals surface area contributed by atoms with Gasteiger partial charge in [0.05, 0.1) is 10.9 Å². The standard InChI is InChI=1S/C13H13N3O2S/c17-12-10(19-13(18)15-12)6-9-7-14-16-11(9)8-4-2-1-3-5-8/h1-6,9,11,14,16H,7H2,(H,15,17,18)/b10-6+. The molecule has 2 unspecified atom stereocenters. The second kappa shape index (κ2) is 5.16. The van der Waals surface area contributed by atoms with E-state index in [1.54, 1.807) is 0 Å². The van der Waals surface area contributed by atoms with Crippen molar-refractivity contribution in [3.8, 4) is 0 Å². The molecular weight excluding hydrogens is 262 g/mol. The van der Waals surface area contributed by atoms with Crippen LogP contribution < -0.4 is 16.2 Å². The maximum absolute atomic E-state index is 11.6. The first kappa shape index (κ1) is 12.4. The summed E-state index contributed by atoms with van der Waals surface area (Å²) in [5.41, 5.74) is 7.46. The minimum absolute atomic E-state index is 0.109. The summed E-state index contributed by atoms with van der Waals surface area (Å²) in [5.74, 6) is -0.157. The van der Waals surface area contributed by atoms with E-state index in [-0.39, 0.29) is 23.1 Å². The molecule has 0 spiro atoms. The lowest BCUT2D eigenvalue weighted by Crippen LogP contribution is -2.24. The third-order valence-corrected chi connectivity index (χ3v) is 4.02. The van der Waals surface area contributed by atoms with Crippen LogP contribution >= 0.6 is 11.8 Å². The van der Waals surface area contributed by atoms with Crippen molar-refractivity contribution in [2.45, 2.75) is 6.04 Å². The van der Waals surface area contributed by atoms with Gasteiger partial charge in [0.2, 0.25) is 0 Å². The van der Waals surface area contributed by atoms with Crippen molar-refractivity contribution in [3.63, 3.8) is 0 Å². The fourth-order valence-electron chi connectivity index (χ4n) is 2.29. The summed E-state index contributed by atoms with van der Waals surface area (Å²) in [6, 6.07) is 10.1. The molecule has 0 saturated carbocycles. The van der Waals surface area contributed by atoms with Gasteiger partial charge in [-0.2, -0.15) is 0 Å². The van der Waals surface area contributed by atoms with Crippen LogP contribution in [0, 0.1) is 5.92 Å². The summed E-state index contributed by atoms with van der Waals surface area (Å²) >= 11 is 0.964. The van der Waals surface area contributed by atoms with Gasteiger partial charge < -0.3 is 0 Å². The van der Waals surface area contributed by atoms with Gasteiger partial charge in [-0.05, 0) is 17.3 Å². The van der Waals surface area contributed by atoms with Crippen LogP contribution in [-0.4, -0.2) is 17.7 Å². The number of imide groups is 1. The molecule has 2 fully saturated rings. The lowest BCUT2D eigenvalue weighted by atomic mass is 9.94. The lowest BCUT2D eigenvalue weighted by molar-refractivity contribution is -0.115. The average molecular weight is 275 g/mol. The Balaban J connectivity index is 1.83. The average Bonchev–Trinajstić information content (AvgIpc) is 2.98. The zero-order valence-corrected chi connectivity index (χ0v) is 10.9. The van der Waals surface area contributed by atoms with E-state index in [0.29, 0.717) is 4.91 Å². The smallest absolute Gasteiger partial charge is 0.282 e. The van der Waals surface area contributed by atoms with Gasteiger partial charge in [0.25, 0.3) is 11.1 Å². The van der Waals surface area contributed by atoms with Crippen molar-refractivity contribution in [1.82, 2.24) is 16.2 Å². The SMILES string of the molecule is O=C1NC(=O)/C(=C\C2CNNC2c2ccccc2)S1. The highest BCUT2D eigenvalue weighted by atomic mass is 32.2. The van der Waals surface area contributed by atoms with Crippen LogP contribution in [0.5, 0.6) is 0 Å². The molecule has 2 aliphatic heterocycles. The number of thioether (sulfide) groups is 1. The Kier molecular flexibility index (Phi) is 3.37. The monoisotopic (exact) mass is 275 g/mol. The quantitative estimate of drug-likeness (QED) is 0.710.